The third kappa shape index (κ3) is 4.20. The third-order valence-corrected chi connectivity index (χ3v) is 5.78. The topological polar surface area (TPSA) is 39.1 Å². The van der Waals surface area contributed by atoms with Crippen LogP contribution in [0.15, 0.2) is 42.6 Å². The Labute approximate surface area is 171 Å². The van der Waals surface area contributed by atoms with Gasteiger partial charge >= 0.3 is 6.18 Å². The van der Waals surface area contributed by atoms with Gasteiger partial charge in [-0.3, -0.25) is 4.68 Å². The van der Waals surface area contributed by atoms with E-state index in [0.29, 0.717) is 23.1 Å². The van der Waals surface area contributed by atoms with Gasteiger partial charge in [0.15, 0.2) is 0 Å². The molecule has 1 fully saturated rings. The van der Waals surface area contributed by atoms with Crippen molar-refractivity contribution in [2.24, 2.45) is 7.05 Å². The van der Waals surface area contributed by atoms with Gasteiger partial charge in [0.25, 0.3) is 0 Å². The minimum Gasteiger partial charge on any atom is -0.376 e. The molecule has 4 nitrogen and oxygen atoms in total. The fraction of sp³-hybridized carbons (Fsp3) is 0.409. The van der Waals surface area contributed by atoms with Crippen LogP contribution in [0.4, 0.5) is 17.6 Å². The van der Waals surface area contributed by atoms with Gasteiger partial charge in [-0.2, -0.15) is 18.3 Å². The Bertz CT molecular complexity index is 1020. The molecule has 1 N–H and O–H groups in total. The summed E-state index contributed by atoms with van der Waals surface area (Å²) in [6.07, 6.45) is -1.26. The number of halogens is 4. The maximum atomic E-state index is 13.4. The van der Waals surface area contributed by atoms with Gasteiger partial charge in [0, 0.05) is 29.6 Å². The number of nitrogens with zero attached hydrogens (tertiary/aromatic N) is 2. The number of rotatable bonds is 5. The number of aryl methyl sites for hydroxylation is 1. The molecule has 0 radical (unpaired) electrons. The van der Waals surface area contributed by atoms with Crippen LogP contribution in [0, 0.1) is 5.82 Å². The van der Waals surface area contributed by atoms with E-state index in [1.54, 1.807) is 25.4 Å². The third-order valence-electron chi connectivity index (χ3n) is 5.78. The van der Waals surface area contributed by atoms with Crippen LogP contribution in [-0.4, -0.2) is 29.5 Å². The maximum absolute atomic E-state index is 13.4. The van der Waals surface area contributed by atoms with Gasteiger partial charge in [-0.05, 0) is 55.8 Å². The minimum atomic E-state index is -4.44. The summed E-state index contributed by atoms with van der Waals surface area (Å²) in [5, 5.41) is 8.05. The fourth-order valence-corrected chi connectivity index (χ4v) is 4.18. The minimum absolute atomic E-state index is 0.0216. The Balaban J connectivity index is 1.59. The van der Waals surface area contributed by atoms with E-state index in [1.807, 2.05) is 0 Å². The van der Waals surface area contributed by atoms with Gasteiger partial charge in [-0.15, -0.1) is 0 Å². The Morgan fingerprint density at radius 1 is 1.13 bits per heavy atom. The van der Waals surface area contributed by atoms with Gasteiger partial charge < -0.3 is 10.1 Å². The molecule has 0 unspecified atom stereocenters. The first-order chi connectivity index (χ1) is 14.3. The molecule has 0 atom stereocenters. The molecular weight excluding hydrogens is 398 g/mol. The molecule has 3 aromatic rings. The van der Waals surface area contributed by atoms with Crippen molar-refractivity contribution in [3.05, 3.63) is 65.1 Å². The molecule has 1 aliphatic rings. The summed E-state index contributed by atoms with van der Waals surface area (Å²) < 4.78 is 60.9. The van der Waals surface area contributed by atoms with Crippen LogP contribution in [0.1, 0.15) is 29.5 Å². The number of alkyl halides is 3. The van der Waals surface area contributed by atoms with Crippen molar-refractivity contribution in [2.75, 3.05) is 19.7 Å². The van der Waals surface area contributed by atoms with Crippen molar-refractivity contribution in [2.45, 2.75) is 31.0 Å². The van der Waals surface area contributed by atoms with E-state index in [2.05, 4.69) is 10.4 Å². The number of benzene rings is 2. The zero-order chi connectivity index (χ0) is 21.4. The quantitative estimate of drug-likeness (QED) is 0.614. The predicted molar refractivity (Wildman–Crippen MR) is 106 cm³/mol. The van der Waals surface area contributed by atoms with Gasteiger partial charge in [0.05, 0.1) is 24.3 Å². The van der Waals surface area contributed by atoms with Crippen molar-refractivity contribution in [3.8, 4) is 0 Å². The number of fused-ring (bicyclic) bond motifs is 1. The molecule has 0 bridgehead atoms. The van der Waals surface area contributed by atoms with E-state index in [4.69, 9.17) is 4.74 Å². The predicted octanol–water partition coefficient (Wildman–Crippen LogP) is 4.57. The molecule has 1 aliphatic heterocycles. The Morgan fingerprint density at radius 2 is 1.83 bits per heavy atom. The highest BCUT2D eigenvalue weighted by Crippen LogP contribution is 2.36. The number of ether oxygens (including phenoxy) is 1. The summed E-state index contributed by atoms with van der Waals surface area (Å²) in [7, 11) is 1.68. The fourth-order valence-electron chi connectivity index (χ4n) is 4.18. The second kappa shape index (κ2) is 8.00. The second-order valence-corrected chi connectivity index (χ2v) is 7.90. The lowest BCUT2D eigenvalue weighted by Crippen LogP contribution is -2.43. The molecule has 2 aromatic carbocycles. The monoisotopic (exact) mass is 421 g/mol. The molecule has 0 aliphatic carbocycles. The lowest BCUT2D eigenvalue weighted by molar-refractivity contribution is -0.137. The molecule has 1 aromatic heterocycles. The summed E-state index contributed by atoms with van der Waals surface area (Å²) in [4.78, 5) is 0. The molecule has 8 heteroatoms. The van der Waals surface area contributed by atoms with E-state index in [9.17, 15) is 17.6 Å². The first kappa shape index (κ1) is 20.8. The number of hydrogen-bond acceptors (Lipinski definition) is 3. The first-order valence-corrected chi connectivity index (χ1v) is 9.85. The average Bonchev–Trinajstić information content (AvgIpc) is 3.09. The average molecular weight is 421 g/mol. The van der Waals surface area contributed by atoms with Crippen molar-refractivity contribution >= 4 is 10.9 Å². The van der Waals surface area contributed by atoms with Crippen LogP contribution in [0.2, 0.25) is 0 Å². The molecule has 0 saturated carbocycles. The van der Waals surface area contributed by atoms with Crippen LogP contribution in [0.3, 0.4) is 0 Å². The van der Waals surface area contributed by atoms with Crippen LogP contribution < -0.4 is 5.32 Å². The number of nitrogens with one attached hydrogen (secondary N) is 1. The Hall–Kier alpha value is -2.45. The summed E-state index contributed by atoms with van der Waals surface area (Å²) in [5.41, 5.74) is 0.883. The van der Waals surface area contributed by atoms with Crippen molar-refractivity contribution in [1.29, 1.82) is 0 Å². The normalized spacial score (nSPS) is 16.8. The number of hydrogen-bond donors (Lipinski definition) is 1. The second-order valence-electron chi connectivity index (χ2n) is 7.90. The van der Waals surface area contributed by atoms with Crippen molar-refractivity contribution < 1.29 is 22.3 Å². The molecule has 4 rings (SSSR count). The highest BCUT2D eigenvalue weighted by atomic mass is 19.4. The van der Waals surface area contributed by atoms with Crippen LogP contribution in [0.5, 0.6) is 0 Å². The molecule has 2 heterocycles. The van der Waals surface area contributed by atoms with Crippen molar-refractivity contribution in [1.82, 2.24) is 15.1 Å². The molecular formula is C22H23F4N3O. The maximum Gasteiger partial charge on any atom is 0.416 e. The highest BCUT2D eigenvalue weighted by molar-refractivity contribution is 5.82. The smallest absolute Gasteiger partial charge is 0.376 e. The molecule has 160 valence electrons. The van der Waals surface area contributed by atoms with Crippen LogP contribution in [-0.2, 0) is 30.0 Å². The van der Waals surface area contributed by atoms with Crippen LogP contribution in [0.25, 0.3) is 10.9 Å². The molecule has 0 spiro atoms. The van der Waals surface area contributed by atoms with Crippen LogP contribution >= 0.6 is 0 Å². The van der Waals surface area contributed by atoms with Gasteiger partial charge in [-0.1, -0.05) is 12.1 Å². The summed E-state index contributed by atoms with van der Waals surface area (Å²) in [6, 6.07) is 8.63. The molecule has 0 amide bonds. The summed E-state index contributed by atoms with van der Waals surface area (Å²) in [5.74, 6) is -0.301. The molecule has 30 heavy (non-hydrogen) atoms. The van der Waals surface area contributed by atoms with E-state index in [-0.39, 0.29) is 17.8 Å². The lowest BCUT2D eigenvalue weighted by Gasteiger charge is -2.38. The Morgan fingerprint density at radius 3 is 2.50 bits per heavy atom. The SMILES string of the molecule is Cn1cc2cc(C(F)(F)F)cc(COCC3(c4ccc(F)cc4)CCNCC3)c2n1. The van der Waals surface area contributed by atoms with E-state index in [1.165, 1.54) is 16.8 Å². The van der Waals surface area contributed by atoms with E-state index < -0.39 is 11.7 Å². The standard InChI is InChI=1S/C22H23F4N3O/c1-29-12-15-10-18(22(24,25)26)11-16(20(15)28-29)13-30-14-21(6-8-27-9-7-21)17-2-4-19(23)5-3-17/h2-5,10-12,27H,6-9,13-14H2,1H3. The van der Waals surface area contributed by atoms with Crippen molar-refractivity contribution in [3.63, 3.8) is 0 Å². The summed E-state index contributed by atoms with van der Waals surface area (Å²) >= 11 is 0. The zero-order valence-electron chi connectivity index (χ0n) is 16.6. The Kier molecular flexibility index (Phi) is 5.55. The zero-order valence-corrected chi connectivity index (χ0v) is 16.6. The lowest BCUT2D eigenvalue weighted by atomic mass is 9.74. The molecule has 1 saturated heterocycles. The van der Waals surface area contributed by atoms with E-state index in [0.717, 1.165) is 43.6 Å². The number of piperidine rings is 1. The van der Waals surface area contributed by atoms with E-state index >= 15 is 0 Å². The first-order valence-electron chi connectivity index (χ1n) is 9.85. The number of aromatic nitrogens is 2. The van der Waals surface area contributed by atoms with Gasteiger partial charge in [0.1, 0.15) is 5.82 Å². The highest BCUT2D eigenvalue weighted by Gasteiger charge is 2.35. The van der Waals surface area contributed by atoms with Gasteiger partial charge in [-0.25, -0.2) is 4.39 Å². The summed E-state index contributed by atoms with van der Waals surface area (Å²) in [6.45, 7) is 1.96. The largest absolute Gasteiger partial charge is 0.416 e. The van der Waals surface area contributed by atoms with Gasteiger partial charge in [0.2, 0.25) is 0 Å².